The fraction of sp³-hybridized carbons (Fsp3) is 0.100. The average Bonchev–Trinajstić information content (AvgIpc) is 2.99. The molecule has 0 radical (unpaired) electrons. The number of benzene rings is 6. The minimum atomic E-state index is 1.13. The van der Waals surface area contributed by atoms with Crippen molar-refractivity contribution in [1.29, 1.82) is 0 Å². The van der Waals surface area contributed by atoms with Gasteiger partial charge in [-0.15, -0.1) is 0 Å². The highest BCUT2D eigenvalue weighted by molar-refractivity contribution is 5.81. The summed E-state index contributed by atoms with van der Waals surface area (Å²) in [7, 11) is 0. The molecule has 0 atom stereocenters. The predicted octanol–water partition coefficient (Wildman–Crippen LogP) is 11.5. The van der Waals surface area contributed by atoms with E-state index in [0.717, 1.165) is 34.1 Å². The second kappa shape index (κ2) is 11.8. The molecule has 0 spiro atoms. The predicted molar refractivity (Wildman–Crippen MR) is 180 cm³/mol. The lowest BCUT2D eigenvalue weighted by molar-refractivity contribution is 1.26. The van der Waals surface area contributed by atoms with E-state index in [1.165, 1.54) is 33.4 Å². The molecule has 0 aliphatic heterocycles. The average molecular weight is 545 g/mol. The van der Waals surface area contributed by atoms with E-state index in [1.54, 1.807) is 0 Å². The van der Waals surface area contributed by atoms with E-state index in [2.05, 4.69) is 183 Å². The summed E-state index contributed by atoms with van der Waals surface area (Å²) in [4.78, 5) is 4.65. The Morgan fingerprint density at radius 2 is 0.595 bits per heavy atom. The zero-order chi connectivity index (χ0) is 29.1. The third-order valence-corrected chi connectivity index (χ3v) is 7.66. The zero-order valence-corrected chi connectivity index (χ0v) is 24.8. The molecule has 6 aromatic carbocycles. The Morgan fingerprint density at radius 1 is 0.286 bits per heavy atom. The topological polar surface area (TPSA) is 6.48 Å². The third-order valence-electron chi connectivity index (χ3n) is 7.66. The molecule has 0 unspecified atom stereocenters. The summed E-state index contributed by atoms with van der Waals surface area (Å²) in [6.07, 6.45) is 0. The van der Waals surface area contributed by atoms with Gasteiger partial charge in [-0.05, 0) is 128 Å². The van der Waals surface area contributed by atoms with Gasteiger partial charge in [0.05, 0.1) is 0 Å². The molecule has 0 N–H and O–H groups in total. The molecule has 0 saturated carbocycles. The normalized spacial score (nSPS) is 10.9. The molecular weight excluding hydrogens is 508 g/mol. The number of nitrogens with zero attached hydrogens (tertiary/aromatic N) is 2. The number of hydrogen-bond acceptors (Lipinski definition) is 2. The van der Waals surface area contributed by atoms with Crippen molar-refractivity contribution in [3.63, 3.8) is 0 Å². The Balaban J connectivity index is 1.33. The fourth-order valence-corrected chi connectivity index (χ4v) is 5.50. The van der Waals surface area contributed by atoms with Crippen LogP contribution in [0.1, 0.15) is 22.3 Å². The highest BCUT2D eigenvalue weighted by Gasteiger charge is 2.15. The first kappa shape index (κ1) is 27.1. The molecule has 6 rings (SSSR count). The second-order valence-corrected chi connectivity index (χ2v) is 11.1. The van der Waals surface area contributed by atoms with Gasteiger partial charge in [0.15, 0.2) is 0 Å². The minimum Gasteiger partial charge on any atom is -0.310 e. The molecule has 0 saturated heterocycles. The molecule has 6 aromatic rings. The van der Waals surface area contributed by atoms with Gasteiger partial charge in [-0.25, -0.2) is 0 Å². The number of aryl methyl sites for hydroxylation is 4. The fourth-order valence-electron chi connectivity index (χ4n) is 5.50. The maximum atomic E-state index is 2.33. The minimum absolute atomic E-state index is 1.13. The summed E-state index contributed by atoms with van der Waals surface area (Å²) in [5.41, 5.74) is 14.3. The Bertz CT molecular complexity index is 1750. The molecule has 2 heteroatoms. The van der Waals surface area contributed by atoms with Crippen molar-refractivity contribution in [2.24, 2.45) is 0 Å². The molecule has 0 bridgehead atoms. The highest BCUT2D eigenvalue weighted by Crippen LogP contribution is 2.38. The van der Waals surface area contributed by atoms with E-state index in [1.807, 2.05) is 0 Å². The molecule has 42 heavy (non-hydrogen) atoms. The SMILES string of the molecule is Cc1ccc(N(c2ccc(-c3ccc(N(c4cccc(C)c4)c4cccc(C)c4)cc3)cc2)c2cccc(C)c2)cc1. The van der Waals surface area contributed by atoms with Gasteiger partial charge in [0.2, 0.25) is 0 Å². The maximum Gasteiger partial charge on any atom is 0.0464 e. The van der Waals surface area contributed by atoms with Crippen LogP contribution in [0.25, 0.3) is 11.1 Å². The molecule has 0 aliphatic rings. The van der Waals surface area contributed by atoms with Gasteiger partial charge in [0, 0.05) is 34.1 Å². The van der Waals surface area contributed by atoms with Crippen LogP contribution in [0, 0.1) is 27.7 Å². The van der Waals surface area contributed by atoms with Crippen LogP contribution in [0.5, 0.6) is 0 Å². The molecule has 206 valence electrons. The van der Waals surface area contributed by atoms with Crippen molar-refractivity contribution in [3.05, 3.63) is 168 Å². The van der Waals surface area contributed by atoms with E-state index in [0.29, 0.717) is 0 Å². The van der Waals surface area contributed by atoms with Crippen LogP contribution in [-0.2, 0) is 0 Å². The number of anilines is 6. The number of rotatable bonds is 7. The lowest BCUT2D eigenvalue weighted by Crippen LogP contribution is -2.10. The summed E-state index contributed by atoms with van der Waals surface area (Å²) in [5.74, 6) is 0. The van der Waals surface area contributed by atoms with Crippen LogP contribution < -0.4 is 9.80 Å². The van der Waals surface area contributed by atoms with Crippen LogP contribution in [0.15, 0.2) is 146 Å². The van der Waals surface area contributed by atoms with E-state index in [-0.39, 0.29) is 0 Å². The summed E-state index contributed by atoms with van der Waals surface area (Å²) in [5, 5.41) is 0. The van der Waals surface area contributed by atoms with E-state index >= 15 is 0 Å². The van der Waals surface area contributed by atoms with Crippen molar-refractivity contribution in [1.82, 2.24) is 0 Å². The summed E-state index contributed by atoms with van der Waals surface area (Å²) < 4.78 is 0. The van der Waals surface area contributed by atoms with Gasteiger partial charge in [0.1, 0.15) is 0 Å². The summed E-state index contributed by atoms with van der Waals surface area (Å²) in [6.45, 7) is 8.55. The second-order valence-electron chi connectivity index (χ2n) is 11.1. The third kappa shape index (κ3) is 5.84. The van der Waals surface area contributed by atoms with Gasteiger partial charge in [-0.1, -0.05) is 78.4 Å². The van der Waals surface area contributed by atoms with Crippen molar-refractivity contribution >= 4 is 34.1 Å². The standard InChI is InChI=1S/C40H36N2/c1-29-14-20-35(21-15-29)41(38-11-5-8-30(2)26-38)36-22-16-33(17-23-36)34-18-24-37(25-19-34)42(39-12-6-9-31(3)27-39)40-13-7-10-32(4)28-40/h5-28H,1-4H3. The zero-order valence-electron chi connectivity index (χ0n) is 24.8. The molecule has 2 nitrogen and oxygen atoms in total. The quantitative estimate of drug-likeness (QED) is 0.197. The summed E-state index contributed by atoms with van der Waals surface area (Å²) >= 11 is 0. The largest absolute Gasteiger partial charge is 0.310 e. The monoisotopic (exact) mass is 544 g/mol. The van der Waals surface area contributed by atoms with E-state index in [9.17, 15) is 0 Å². The molecular formula is C40H36N2. The first-order valence-electron chi connectivity index (χ1n) is 14.5. The van der Waals surface area contributed by atoms with Gasteiger partial charge >= 0.3 is 0 Å². The van der Waals surface area contributed by atoms with Gasteiger partial charge in [-0.3, -0.25) is 0 Å². The molecule has 0 amide bonds. The van der Waals surface area contributed by atoms with Crippen LogP contribution >= 0.6 is 0 Å². The molecule has 0 aliphatic carbocycles. The smallest absolute Gasteiger partial charge is 0.0464 e. The van der Waals surface area contributed by atoms with Crippen LogP contribution in [0.2, 0.25) is 0 Å². The van der Waals surface area contributed by atoms with Crippen molar-refractivity contribution in [3.8, 4) is 11.1 Å². The van der Waals surface area contributed by atoms with Crippen LogP contribution in [0.4, 0.5) is 34.1 Å². The lowest BCUT2D eigenvalue weighted by atomic mass is 10.0. The van der Waals surface area contributed by atoms with Crippen molar-refractivity contribution in [2.45, 2.75) is 27.7 Å². The Hall–Kier alpha value is -5.08. The summed E-state index contributed by atoms with van der Waals surface area (Å²) in [6, 6.07) is 52.5. The molecule has 0 aromatic heterocycles. The molecule has 0 fully saturated rings. The Morgan fingerprint density at radius 3 is 0.929 bits per heavy atom. The van der Waals surface area contributed by atoms with Gasteiger partial charge < -0.3 is 9.80 Å². The van der Waals surface area contributed by atoms with E-state index in [4.69, 9.17) is 0 Å². The van der Waals surface area contributed by atoms with Crippen LogP contribution in [0.3, 0.4) is 0 Å². The lowest BCUT2D eigenvalue weighted by Gasteiger charge is -2.27. The maximum absolute atomic E-state index is 2.33. The van der Waals surface area contributed by atoms with Crippen LogP contribution in [-0.4, -0.2) is 0 Å². The highest BCUT2D eigenvalue weighted by atomic mass is 15.1. The first-order chi connectivity index (χ1) is 20.4. The first-order valence-corrected chi connectivity index (χ1v) is 14.5. The van der Waals surface area contributed by atoms with Gasteiger partial charge in [0.25, 0.3) is 0 Å². The Labute approximate surface area is 250 Å². The van der Waals surface area contributed by atoms with Crippen molar-refractivity contribution in [2.75, 3.05) is 9.80 Å². The number of hydrogen-bond donors (Lipinski definition) is 0. The Kier molecular flexibility index (Phi) is 7.62. The molecule has 0 heterocycles. The van der Waals surface area contributed by atoms with E-state index < -0.39 is 0 Å². The van der Waals surface area contributed by atoms with Gasteiger partial charge in [-0.2, -0.15) is 0 Å². The van der Waals surface area contributed by atoms with Crippen molar-refractivity contribution < 1.29 is 0 Å².